The standard InChI is InChI=1S/C17H32O7/c1-11(2)8-6-4-3-5-7-9-13(18)23-10-12-14(19)15(20)16(21)17(22)24-12/h11-12,14-17,19-22H,3-10H2,1-2H3/t12-,14-,15+,16-,17?/m1/s1. The van der Waals surface area contributed by atoms with E-state index in [1.165, 1.54) is 19.3 Å². The van der Waals surface area contributed by atoms with Gasteiger partial charge in [0.15, 0.2) is 6.29 Å². The lowest BCUT2D eigenvalue weighted by Gasteiger charge is -2.37. The minimum Gasteiger partial charge on any atom is -0.463 e. The van der Waals surface area contributed by atoms with E-state index in [0.717, 1.165) is 25.2 Å². The molecule has 7 nitrogen and oxygen atoms in total. The summed E-state index contributed by atoms with van der Waals surface area (Å²) in [6.45, 7) is 4.15. The van der Waals surface area contributed by atoms with E-state index in [9.17, 15) is 25.2 Å². The highest BCUT2D eigenvalue weighted by Crippen LogP contribution is 2.20. The van der Waals surface area contributed by atoms with Gasteiger partial charge in [-0.3, -0.25) is 4.79 Å². The van der Waals surface area contributed by atoms with Crippen LogP contribution in [-0.4, -0.2) is 63.7 Å². The number of hydrogen-bond donors (Lipinski definition) is 4. The zero-order valence-electron chi connectivity index (χ0n) is 14.6. The van der Waals surface area contributed by atoms with Crippen molar-refractivity contribution < 1.29 is 34.7 Å². The molecule has 1 aliphatic heterocycles. The quantitative estimate of drug-likeness (QED) is 0.339. The van der Waals surface area contributed by atoms with E-state index >= 15 is 0 Å². The summed E-state index contributed by atoms with van der Waals surface area (Å²) < 4.78 is 9.95. The zero-order chi connectivity index (χ0) is 18.1. The molecule has 4 N–H and O–H groups in total. The molecule has 24 heavy (non-hydrogen) atoms. The van der Waals surface area contributed by atoms with Gasteiger partial charge in [0.2, 0.25) is 0 Å². The predicted octanol–water partition coefficient (Wildman–Crippen LogP) is 0.716. The number of aliphatic hydroxyl groups excluding tert-OH is 4. The summed E-state index contributed by atoms with van der Waals surface area (Å²) in [5.41, 5.74) is 0. The lowest BCUT2D eigenvalue weighted by Crippen LogP contribution is -2.58. The zero-order valence-corrected chi connectivity index (χ0v) is 14.6. The maximum Gasteiger partial charge on any atom is 0.305 e. The number of esters is 1. The third-order valence-electron chi connectivity index (χ3n) is 4.26. The summed E-state index contributed by atoms with van der Waals surface area (Å²) in [6.07, 6.45) is -0.472. The molecular weight excluding hydrogens is 316 g/mol. The number of rotatable bonds is 10. The van der Waals surface area contributed by atoms with Crippen molar-refractivity contribution in [3.63, 3.8) is 0 Å². The van der Waals surface area contributed by atoms with E-state index < -0.39 is 36.7 Å². The van der Waals surface area contributed by atoms with Crippen molar-refractivity contribution in [1.29, 1.82) is 0 Å². The molecule has 0 aromatic rings. The topological polar surface area (TPSA) is 116 Å². The molecule has 1 unspecified atom stereocenters. The Labute approximate surface area is 143 Å². The van der Waals surface area contributed by atoms with Crippen molar-refractivity contribution in [3.05, 3.63) is 0 Å². The van der Waals surface area contributed by atoms with Crippen molar-refractivity contribution in [2.45, 2.75) is 89.5 Å². The molecule has 0 radical (unpaired) electrons. The minimum atomic E-state index is -1.61. The molecular formula is C17H32O7. The SMILES string of the molecule is CC(C)CCCCCCCC(=O)OC[C@H]1OC(O)[C@H](O)[C@@H](O)[C@@H]1O. The summed E-state index contributed by atoms with van der Waals surface area (Å²) in [5.74, 6) is 0.332. The molecule has 1 saturated heterocycles. The summed E-state index contributed by atoms with van der Waals surface area (Å²) in [5, 5.41) is 38.0. The van der Waals surface area contributed by atoms with Crippen molar-refractivity contribution in [1.82, 2.24) is 0 Å². The molecule has 0 aliphatic carbocycles. The number of aliphatic hydroxyl groups is 4. The first-order valence-electron chi connectivity index (χ1n) is 8.86. The van der Waals surface area contributed by atoms with Gasteiger partial charge in [-0.05, 0) is 12.3 Å². The van der Waals surface area contributed by atoms with Gasteiger partial charge in [0, 0.05) is 6.42 Å². The molecule has 0 saturated carbocycles. The van der Waals surface area contributed by atoms with E-state index in [2.05, 4.69) is 13.8 Å². The summed E-state index contributed by atoms with van der Waals surface area (Å²) in [6, 6.07) is 0. The summed E-state index contributed by atoms with van der Waals surface area (Å²) in [7, 11) is 0. The number of hydrogen-bond acceptors (Lipinski definition) is 7. The highest BCUT2D eigenvalue weighted by Gasteiger charge is 2.43. The van der Waals surface area contributed by atoms with E-state index in [-0.39, 0.29) is 6.61 Å². The molecule has 1 heterocycles. The Morgan fingerprint density at radius 2 is 1.58 bits per heavy atom. The molecule has 7 heteroatoms. The van der Waals surface area contributed by atoms with Crippen LogP contribution in [0.4, 0.5) is 0 Å². The summed E-state index contributed by atoms with van der Waals surface area (Å²) >= 11 is 0. The van der Waals surface area contributed by atoms with Gasteiger partial charge in [0.25, 0.3) is 0 Å². The normalized spacial score (nSPS) is 30.5. The average molecular weight is 348 g/mol. The van der Waals surface area contributed by atoms with Crippen LogP contribution in [-0.2, 0) is 14.3 Å². The predicted molar refractivity (Wildman–Crippen MR) is 87.0 cm³/mol. The van der Waals surface area contributed by atoms with Crippen molar-refractivity contribution >= 4 is 5.97 Å². The Morgan fingerprint density at radius 3 is 2.25 bits per heavy atom. The van der Waals surface area contributed by atoms with Gasteiger partial charge in [-0.25, -0.2) is 0 Å². The molecule has 0 aromatic carbocycles. The fraction of sp³-hybridized carbons (Fsp3) is 0.941. The third kappa shape index (κ3) is 7.44. The van der Waals surface area contributed by atoms with Gasteiger partial charge in [0.1, 0.15) is 31.0 Å². The van der Waals surface area contributed by atoms with Crippen LogP contribution < -0.4 is 0 Å². The Morgan fingerprint density at radius 1 is 0.958 bits per heavy atom. The molecule has 0 amide bonds. The lowest BCUT2D eigenvalue weighted by atomic mass is 9.99. The van der Waals surface area contributed by atoms with Crippen LogP contribution in [0.2, 0.25) is 0 Å². The smallest absolute Gasteiger partial charge is 0.305 e. The molecule has 0 spiro atoms. The maximum absolute atomic E-state index is 11.7. The molecule has 5 atom stereocenters. The second-order valence-corrected chi connectivity index (χ2v) is 6.92. The fourth-order valence-corrected chi connectivity index (χ4v) is 2.67. The van der Waals surface area contributed by atoms with Gasteiger partial charge in [-0.15, -0.1) is 0 Å². The average Bonchev–Trinajstić information content (AvgIpc) is 2.53. The largest absolute Gasteiger partial charge is 0.463 e. The van der Waals surface area contributed by atoms with E-state index in [1.54, 1.807) is 0 Å². The molecule has 142 valence electrons. The van der Waals surface area contributed by atoms with E-state index in [4.69, 9.17) is 9.47 Å². The minimum absolute atomic E-state index is 0.269. The fourth-order valence-electron chi connectivity index (χ4n) is 2.67. The summed E-state index contributed by atoms with van der Waals surface area (Å²) in [4.78, 5) is 11.7. The Balaban J connectivity index is 2.11. The number of ether oxygens (including phenoxy) is 2. The number of carbonyl (C=O) groups is 1. The van der Waals surface area contributed by atoms with Gasteiger partial charge in [-0.1, -0.05) is 46.0 Å². The van der Waals surface area contributed by atoms with Crippen LogP contribution in [0.25, 0.3) is 0 Å². The van der Waals surface area contributed by atoms with Crippen LogP contribution in [0.3, 0.4) is 0 Å². The monoisotopic (exact) mass is 348 g/mol. The van der Waals surface area contributed by atoms with Gasteiger partial charge in [-0.2, -0.15) is 0 Å². The van der Waals surface area contributed by atoms with Crippen LogP contribution in [0.15, 0.2) is 0 Å². The van der Waals surface area contributed by atoms with Crippen molar-refractivity contribution in [3.8, 4) is 0 Å². The van der Waals surface area contributed by atoms with Crippen molar-refractivity contribution in [2.75, 3.05) is 6.61 Å². The highest BCUT2D eigenvalue weighted by molar-refractivity contribution is 5.69. The number of unbranched alkanes of at least 4 members (excludes halogenated alkanes) is 4. The highest BCUT2D eigenvalue weighted by atomic mass is 16.6. The van der Waals surface area contributed by atoms with E-state index in [1.807, 2.05) is 0 Å². The lowest BCUT2D eigenvalue weighted by molar-refractivity contribution is -0.287. The Bertz CT molecular complexity index is 361. The van der Waals surface area contributed by atoms with Gasteiger partial charge < -0.3 is 29.9 Å². The van der Waals surface area contributed by atoms with Gasteiger partial charge in [0.05, 0.1) is 0 Å². The first kappa shape index (κ1) is 21.3. The van der Waals surface area contributed by atoms with Crippen LogP contribution in [0.5, 0.6) is 0 Å². The second-order valence-electron chi connectivity index (χ2n) is 6.92. The second kappa shape index (κ2) is 11.0. The van der Waals surface area contributed by atoms with E-state index in [0.29, 0.717) is 6.42 Å². The van der Waals surface area contributed by atoms with Crippen LogP contribution in [0, 0.1) is 5.92 Å². The third-order valence-corrected chi connectivity index (χ3v) is 4.26. The molecule has 1 rings (SSSR count). The maximum atomic E-state index is 11.7. The van der Waals surface area contributed by atoms with Crippen molar-refractivity contribution in [2.24, 2.45) is 5.92 Å². The first-order valence-corrected chi connectivity index (χ1v) is 8.86. The molecule has 1 fully saturated rings. The molecule has 0 bridgehead atoms. The molecule has 0 aromatic heterocycles. The van der Waals surface area contributed by atoms with Crippen LogP contribution >= 0.6 is 0 Å². The Kier molecular flexibility index (Phi) is 9.76. The molecule has 1 aliphatic rings. The number of carbonyl (C=O) groups excluding carboxylic acids is 1. The Hall–Kier alpha value is -0.730. The van der Waals surface area contributed by atoms with Gasteiger partial charge >= 0.3 is 5.97 Å². The first-order chi connectivity index (χ1) is 11.3. The van der Waals surface area contributed by atoms with Crippen LogP contribution in [0.1, 0.15) is 58.8 Å².